The fourth-order valence-corrected chi connectivity index (χ4v) is 10.3. The third-order valence-electron chi connectivity index (χ3n) is 11.6. The number of thiophene rings is 1. The molecule has 1 aliphatic rings. The molecule has 2 heteroatoms. The van der Waals surface area contributed by atoms with Crippen LogP contribution in [0.5, 0.6) is 0 Å². The topological polar surface area (TPSA) is 3.24 Å². The van der Waals surface area contributed by atoms with Gasteiger partial charge in [0.15, 0.2) is 0 Å². The maximum Gasteiger partial charge on any atom is 0.0640 e. The van der Waals surface area contributed by atoms with Gasteiger partial charge in [-0.3, -0.25) is 0 Å². The average Bonchev–Trinajstić information content (AvgIpc) is 3.69. The van der Waals surface area contributed by atoms with Gasteiger partial charge < -0.3 is 4.90 Å². The molecule has 1 heterocycles. The number of fused-ring (bicyclic) bond motifs is 9. The molecule has 0 unspecified atom stereocenters. The van der Waals surface area contributed by atoms with Gasteiger partial charge in [0.2, 0.25) is 0 Å². The predicted octanol–water partition coefficient (Wildman–Crippen LogP) is 15.0. The van der Waals surface area contributed by atoms with E-state index in [-0.39, 0.29) is 5.41 Å². The first-order valence-corrected chi connectivity index (χ1v) is 19.3. The minimum absolute atomic E-state index is 0.165. The molecule has 250 valence electrons. The zero-order valence-corrected chi connectivity index (χ0v) is 30.4. The van der Waals surface area contributed by atoms with E-state index in [1.54, 1.807) is 0 Å². The molecule has 0 atom stereocenters. The second-order valence-corrected chi connectivity index (χ2v) is 15.9. The van der Waals surface area contributed by atoms with E-state index in [9.17, 15) is 0 Å². The quantitative estimate of drug-likeness (QED) is 0.177. The zero-order chi connectivity index (χ0) is 35.3. The summed E-state index contributed by atoms with van der Waals surface area (Å²) < 4.78 is 2.60. The standard InChI is InChI=1S/C51H35NS/c1-51(2)42-24-13-25-44(49(42)41-30-34-16-3-4-17-35(34)31-43(41)51)52(46-26-12-23-40-38-21-9-10-27-47(38)53-50(40)46)45-29-28-33-15-6-8-20-37(33)48(45)39-22-11-18-32-14-5-7-19-36(32)39/h3-31H,1-2H3. The van der Waals surface area contributed by atoms with E-state index >= 15 is 0 Å². The van der Waals surface area contributed by atoms with E-state index in [1.807, 2.05) is 11.3 Å². The molecule has 11 rings (SSSR count). The molecule has 0 saturated heterocycles. The van der Waals surface area contributed by atoms with Crippen LogP contribution in [0.2, 0.25) is 0 Å². The third kappa shape index (κ3) is 4.43. The monoisotopic (exact) mass is 693 g/mol. The molecule has 0 N–H and O–H groups in total. The Morgan fingerprint density at radius 3 is 1.81 bits per heavy atom. The van der Waals surface area contributed by atoms with Gasteiger partial charge in [-0.05, 0) is 91.0 Å². The molecule has 0 aliphatic heterocycles. The molecule has 0 radical (unpaired) electrons. The molecule has 1 aliphatic carbocycles. The Balaban J connectivity index is 1.30. The van der Waals surface area contributed by atoms with Crippen molar-refractivity contribution >= 4 is 80.9 Å². The zero-order valence-electron chi connectivity index (χ0n) is 29.6. The van der Waals surface area contributed by atoms with Crippen LogP contribution in [0.1, 0.15) is 25.0 Å². The van der Waals surface area contributed by atoms with Crippen LogP contribution in [0.25, 0.3) is 74.7 Å². The van der Waals surface area contributed by atoms with Crippen LogP contribution in [0.4, 0.5) is 17.1 Å². The predicted molar refractivity (Wildman–Crippen MR) is 230 cm³/mol. The Bertz CT molecular complexity index is 3100. The van der Waals surface area contributed by atoms with Gasteiger partial charge in [-0.15, -0.1) is 11.3 Å². The van der Waals surface area contributed by atoms with Crippen molar-refractivity contribution < 1.29 is 0 Å². The Morgan fingerprint density at radius 2 is 0.981 bits per heavy atom. The summed E-state index contributed by atoms with van der Waals surface area (Å²) in [5.41, 5.74) is 11.3. The van der Waals surface area contributed by atoms with E-state index in [1.165, 1.54) is 103 Å². The van der Waals surface area contributed by atoms with Gasteiger partial charge >= 0.3 is 0 Å². The van der Waals surface area contributed by atoms with Crippen molar-refractivity contribution in [1.82, 2.24) is 0 Å². The fourth-order valence-electron chi connectivity index (χ4n) is 9.11. The number of rotatable bonds is 4. The highest BCUT2D eigenvalue weighted by Gasteiger charge is 2.39. The number of hydrogen-bond donors (Lipinski definition) is 0. The summed E-state index contributed by atoms with van der Waals surface area (Å²) in [5, 5.41) is 10.1. The van der Waals surface area contributed by atoms with Crippen LogP contribution in [0.3, 0.4) is 0 Å². The molecule has 10 aromatic rings. The minimum atomic E-state index is -0.165. The lowest BCUT2D eigenvalue weighted by Crippen LogP contribution is -2.16. The maximum absolute atomic E-state index is 2.60. The van der Waals surface area contributed by atoms with Crippen LogP contribution in [0.15, 0.2) is 176 Å². The number of nitrogens with zero attached hydrogens (tertiary/aromatic N) is 1. The molecule has 9 aromatic carbocycles. The Kier molecular flexibility index (Phi) is 6.53. The summed E-state index contributed by atoms with van der Waals surface area (Å²) in [6.45, 7) is 4.79. The SMILES string of the molecule is CC1(C)c2cc3ccccc3cc2-c2c(N(c3ccc4ccccc4c3-c3cccc4ccccc34)c3cccc4c3sc3ccccc34)cccc21. The van der Waals surface area contributed by atoms with Crippen LogP contribution in [-0.4, -0.2) is 0 Å². The van der Waals surface area contributed by atoms with Crippen molar-refractivity contribution in [2.24, 2.45) is 0 Å². The van der Waals surface area contributed by atoms with E-state index in [4.69, 9.17) is 0 Å². The first-order valence-electron chi connectivity index (χ1n) is 18.4. The summed E-state index contributed by atoms with van der Waals surface area (Å²) in [5.74, 6) is 0. The Labute approximate surface area is 313 Å². The van der Waals surface area contributed by atoms with Gasteiger partial charge in [0.25, 0.3) is 0 Å². The first kappa shape index (κ1) is 30.4. The number of hydrogen-bond acceptors (Lipinski definition) is 2. The summed E-state index contributed by atoms with van der Waals surface area (Å²) in [7, 11) is 0. The lowest BCUT2D eigenvalue weighted by Gasteiger charge is -2.31. The van der Waals surface area contributed by atoms with Crippen LogP contribution in [0, 0.1) is 0 Å². The van der Waals surface area contributed by atoms with Crippen LogP contribution < -0.4 is 4.90 Å². The Hall–Kier alpha value is -6.22. The summed E-state index contributed by atoms with van der Waals surface area (Å²) in [6, 6.07) is 65.5. The molecular weight excluding hydrogens is 659 g/mol. The van der Waals surface area contributed by atoms with Crippen molar-refractivity contribution in [1.29, 1.82) is 0 Å². The summed E-state index contributed by atoms with van der Waals surface area (Å²) in [4.78, 5) is 2.60. The van der Waals surface area contributed by atoms with Crippen molar-refractivity contribution in [3.63, 3.8) is 0 Å². The van der Waals surface area contributed by atoms with E-state index in [2.05, 4.69) is 195 Å². The molecule has 0 amide bonds. The smallest absolute Gasteiger partial charge is 0.0640 e. The van der Waals surface area contributed by atoms with Gasteiger partial charge in [-0.25, -0.2) is 0 Å². The number of benzene rings is 9. The largest absolute Gasteiger partial charge is 0.308 e. The van der Waals surface area contributed by atoms with Gasteiger partial charge in [-0.1, -0.05) is 153 Å². The van der Waals surface area contributed by atoms with Gasteiger partial charge in [-0.2, -0.15) is 0 Å². The van der Waals surface area contributed by atoms with E-state index < -0.39 is 0 Å². The van der Waals surface area contributed by atoms with E-state index in [0.29, 0.717) is 0 Å². The van der Waals surface area contributed by atoms with Crippen molar-refractivity contribution in [2.45, 2.75) is 19.3 Å². The van der Waals surface area contributed by atoms with Crippen molar-refractivity contribution in [2.75, 3.05) is 4.90 Å². The second-order valence-electron chi connectivity index (χ2n) is 14.9. The highest BCUT2D eigenvalue weighted by Crippen LogP contribution is 2.57. The normalized spacial score (nSPS) is 13.2. The maximum atomic E-state index is 2.60. The molecule has 0 spiro atoms. The minimum Gasteiger partial charge on any atom is -0.308 e. The van der Waals surface area contributed by atoms with Gasteiger partial charge in [0.1, 0.15) is 0 Å². The average molecular weight is 694 g/mol. The highest BCUT2D eigenvalue weighted by molar-refractivity contribution is 7.26. The van der Waals surface area contributed by atoms with Crippen LogP contribution >= 0.6 is 11.3 Å². The Morgan fingerprint density at radius 1 is 0.396 bits per heavy atom. The summed E-state index contributed by atoms with van der Waals surface area (Å²) >= 11 is 1.89. The fraction of sp³-hybridized carbons (Fsp3) is 0.0588. The van der Waals surface area contributed by atoms with Gasteiger partial charge in [0.05, 0.1) is 21.8 Å². The molecule has 1 nitrogen and oxygen atoms in total. The summed E-state index contributed by atoms with van der Waals surface area (Å²) in [6.07, 6.45) is 0. The molecule has 1 aromatic heterocycles. The van der Waals surface area contributed by atoms with Crippen LogP contribution in [-0.2, 0) is 5.41 Å². The molecule has 0 fully saturated rings. The van der Waals surface area contributed by atoms with Crippen molar-refractivity contribution in [3.8, 4) is 22.3 Å². The molecule has 0 bridgehead atoms. The van der Waals surface area contributed by atoms with Gasteiger partial charge in [0, 0.05) is 32.0 Å². The van der Waals surface area contributed by atoms with Crippen molar-refractivity contribution in [3.05, 3.63) is 187 Å². The highest BCUT2D eigenvalue weighted by atomic mass is 32.1. The molecular formula is C51H35NS. The lowest BCUT2D eigenvalue weighted by atomic mass is 9.82. The lowest BCUT2D eigenvalue weighted by molar-refractivity contribution is 0.661. The first-order chi connectivity index (χ1) is 26.1. The molecule has 53 heavy (non-hydrogen) atoms. The third-order valence-corrected chi connectivity index (χ3v) is 12.8. The van der Waals surface area contributed by atoms with E-state index in [0.717, 1.165) is 0 Å². The second kappa shape index (κ2) is 11.4. The number of anilines is 3. The molecule has 0 saturated carbocycles.